The fourth-order valence-corrected chi connectivity index (χ4v) is 6.35. The molecule has 2 heterocycles. The van der Waals surface area contributed by atoms with Crippen LogP contribution in [0.1, 0.15) is 59.3 Å². The lowest BCUT2D eigenvalue weighted by Crippen LogP contribution is -2.39. The van der Waals surface area contributed by atoms with Gasteiger partial charge in [0.2, 0.25) is 0 Å². The minimum atomic E-state index is -0.0474. The summed E-state index contributed by atoms with van der Waals surface area (Å²) in [5, 5.41) is 0. The molecule has 3 heteroatoms. The molecule has 5 rings (SSSR count). The molecular formula is C21H28O3. The second-order valence-corrected chi connectivity index (χ2v) is 9.34. The van der Waals surface area contributed by atoms with Crippen molar-refractivity contribution >= 4 is 5.97 Å². The molecule has 3 aliphatic carbocycles. The Bertz CT molecular complexity index is 658. The van der Waals surface area contributed by atoms with Crippen molar-refractivity contribution in [1.29, 1.82) is 0 Å². The fraction of sp³-hybridized carbons (Fsp3) is 0.762. The minimum Gasteiger partial charge on any atom is -0.458 e. The number of fused-ring (bicyclic) bond motifs is 7. The molecule has 2 aliphatic heterocycles. The average Bonchev–Trinajstić information content (AvgIpc) is 3.26. The summed E-state index contributed by atoms with van der Waals surface area (Å²) in [7, 11) is 0. The van der Waals surface area contributed by atoms with E-state index in [1.54, 1.807) is 0 Å². The molecule has 5 aliphatic rings. The van der Waals surface area contributed by atoms with E-state index >= 15 is 0 Å². The Hall–Kier alpha value is -1.09. The van der Waals surface area contributed by atoms with E-state index in [-0.39, 0.29) is 35.1 Å². The predicted molar refractivity (Wildman–Crippen MR) is 91.3 cm³/mol. The molecule has 6 atom stereocenters. The number of ether oxygens (including phenoxy) is 2. The zero-order valence-corrected chi connectivity index (χ0v) is 15.0. The Labute approximate surface area is 144 Å². The van der Waals surface area contributed by atoms with Crippen LogP contribution in [0.25, 0.3) is 0 Å². The number of rotatable bonds is 2. The lowest BCUT2D eigenvalue weighted by molar-refractivity contribution is -0.152. The Morgan fingerprint density at radius 2 is 2.08 bits per heavy atom. The highest BCUT2D eigenvalue weighted by atomic mass is 16.5. The van der Waals surface area contributed by atoms with E-state index in [1.807, 2.05) is 0 Å². The third-order valence-corrected chi connectivity index (χ3v) is 8.38. The average molecular weight is 328 g/mol. The van der Waals surface area contributed by atoms with E-state index < -0.39 is 0 Å². The van der Waals surface area contributed by atoms with Crippen LogP contribution in [0.2, 0.25) is 0 Å². The molecule has 0 aromatic heterocycles. The maximum atomic E-state index is 13.0. The molecule has 0 spiro atoms. The summed E-state index contributed by atoms with van der Waals surface area (Å²) in [6.45, 7) is 7.07. The van der Waals surface area contributed by atoms with E-state index in [0.717, 1.165) is 31.3 Å². The quantitative estimate of drug-likeness (QED) is 0.563. The Morgan fingerprint density at radius 3 is 2.79 bits per heavy atom. The highest BCUT2D eigenvalue weighted by molar-refractivity contribution is 5.90. The van der Waals surface area contributed by atoms with Gasteiger partial charge in [-0.2, -0.15) is 0 Å². The van der Waals surface area contributed by atoms with Gasteiger partial charge < -0.3 is 9.47 Å². The van der Waals surface area contributed by atoms with Crippen LogP contribution in [0.5, 0.6) is 0 Å². The van der Waals surface area contributed by atoms with Crippen LogP contribution in [0, 0.1) is 22.7 Å². The zero-order chi connectivity index (χ0) is 16.7. The van der Waals surface area contributed by atoms with Gasteiger partial charge in [0.05, 0.1) is 12.2 Å². The Kier molecular flexibility index (Phi) is 3.01. The van der Waals surface area contributed by atoms with E-state index in [2.05, 4.69) is 32.9 Å². The summed E-state index contributed by atoms with van der Waals surface area (Å²) in [6.07, 6.45) is 11.2. The van der Waals surface area contributed by atoms with E-state index in [4.69, 9.17) is 9.47 Å². The van der Waals surface area contributed by atoms with E-state index in [9.17, 15) is 4.79 Å². The summed E-state index contributed by atoms with van der Waals surface area (Å²) in [5.41, 5.74) is 2.60. The molecule has 0 aromatic carbocycles. The SMILES string of the molecule is CC1(C)C2CCC1(C)C(OC(=O)C1=C3[C@@H]4C=C[C@@H](O4)[C@@H]3CCC1)C2. The number of esters is 1. The lowest BCUT2D eigenvalue weighted by Gasteiger charge is -2.38. The molecule has 1 saturated heterocycles. The van der Waals surface area contributed by atoms with Gasteiger partial charge in [0.25, 0.3) is 0 Å². The normalized spacial score (nSPS) is 47.4. The molecule has 3 nitrogen and oxygen atoms in total. The molecule has 2 saturated carbocycles. The van der Waals surface area contributed by atoms with Gasteiger partial charge in [0.1, 0.15) is 6.10 Å². The maximum Gasteiger partial charge on any atom is 0.334 e. The maximum absolute atomic E-state index is 13.0. The number of hydrogen-bond acceptors (Lipinski definition) is 3. The Balaban J connectivity index is 1.41. The van der Waals surface area contributed by atoms with Crippen LogP contribution in [-0.4, -0.2) is 24.3 Å². The van der Waals surface area contributed by atoms with Gasteiger partial charge in [0, 0.05) is 16.9 Å². The standard InChI is InChI=1S/C21H28O3/c1-20(2)12-9-10-21(20,3)17(11-12)24-19(22)14-6-4-5-13-15-7-8-16(23-15)18(13)14/h7-8,12-13,15-17H,4-6,9-11H2,1-3H3/t12?,13-,15+,16-,17?,21?/m0/s1. The second kappa shape index (κ2) is 4.75. The summed E-state index contributed by atoms with van der Waals surface area (Å²) >= 11 is 0. The summed E-state index contributed by atoms with van der Waals surface area (Å²) in [5.74, 6) is 1.07. The number of carbonyl (C=O) groups is 1. The summed E-state index contributed by atoms with van der Waals surface area (Å²) in [4.78, 5) is 13.0. The van der Waals surface area contributed by atoms with Gasteiger partial charge in [-0.15, -0.1) is 0 Å². The third-order valence-electron chi connectivity index (χ3n) is 8.38. The van der Waals surface area contributed by atoms with Crippen LogP contribution in [-0.2, 0) is 14.3 Å². The largest absolute Gasteiger partial charge is 0.458 e. The first-order valence-corrected chi connectivity index (χ1v) is 9.69. The van der Waals surface area contributed by atoms with Gasteiger partial charge in [-0.3, -0.25) is 0 Å². The minimum absolute atomic E-state index is 0.0370. The molecule has 24 heavy (non-hydrogen) atoms. The summed E-state index contributed by atoms with van der Waals surface area (Å²) in [6, 6.07) is 0. The molecule has 3 unspecified atom stereocenters. The van der Waals surface area contributed by atoms with Crippen LogP contribution in [0.3, 0.4) is 0 Å². The first-order chi connectivity index (χ1) is 11.4. The Morgan fingerprint density at radius 1 is 1.25 bits per heavy atom. The van der Waals surface area contributed by atoms with E-state index in [1.165, 1.54) is 18.4 Å². The second-order valence-electron chi connectivity index (χ2n) is 9.34. The van der Waals surface area contributed by atoms with Crippen LogP contribution < -0.4 is 0 Å². The van der Waals surface area contributed by atoms with Crippen molar-refractivity contribution in [3.8, 4) is 0 Å². The highest BCUT2D eigenvalue weighted by Gasteiger charge is 2.63. The molecule has 4 bridgehead atoms. The lowest BCUT2D eigenvalue weighted by atomic mass is 9.70. The van der Waals surface area contributed by atoms with Crippen molar-refractivity contribution < 1.29 is 14.3 Å². The molecule has 3 fully saturated rings. The summed E-state index contributed by atoms with van der Waals surface area (Å²) < 4.78 is 12.2. The zero-order valence-electron chi connectivity index (χ0n) is 15.0. The van der Waals surface area contributed by atoms with Gasteiger partial charge in [-0.1, -0.05) is 32.9 Å². The van der Waals surface area contributed by atoms with Gasteiger partial charge in [-0.05, 0) is 55.4 Å². The molecular weight excluding hydrogens is 300 g/mol. The van der Waals surface area contributed by atoms with E-state index in [0.29, 0.717) is 11.8 Å². The first-order valence-electron chi connectivity index (χ1n) is 9.69. The number of carbonyl (C=O) groups excluding carboxylic acids is 1. The van der Waals surface area contributed by atoms with Crippen LogP contribution >= 0.6 is 0 Å². The predicted octanol–water partition coefficient (Wildman–Crippen LogP) is 4.18. The number of hydrogen-bond donors (Lipinski definition) is 0. The van der Waals surface area contributed by atoms with Crippen molar-refractivity contribution in [1.82, 2.24) is 0 Å². The van der Waals surface area contributed by atoms with Gasteiger partial charge >= 0.3 is 5.97 Å². The highest BCUT2D eigenvalue weighted by Crippen LogP contribution is 2.66. The molecule has 130 valence electrons. The van der Waals surface area contributed by atoms with Gasteiger partial charge in [-0.25, -0.2) is 4.79 Å². The van der Waals surface area contributed by atoms with Crippen molar-refractivity contribution in [3.63, 3.8) is 0 Å². The van der Waals surface area contributed by atoms with Gasteiger partial charge in [0.15, 0.2) is 0 Å². The smallest absolute Gasteiger partial charge is 0.334 e. The molecule has 0 radical (unpaired) electrons. The van der Waals surface area contributed by atoms with Crippen molar-refractivity contribution in [2.24, 2.45) is 22.7 Å². The van der Waals surface area contributed by atoms with Crippen molar-refractivity contribution in [2.45, 2.75) is 77.6 Å². The van der Waals surface area contributed by atoms with Crippen LogP contribution in [0.4, 0.5) is 0 Å². The fourth-order valence-electron chi connectivity index (χ4n) is 6.35. The molecule has 0 amide bonds. The van der Waals surface area contributed by atoms with Crippen LogP contribution in [0.15, 0.2) is 23.3 Å². The first kappa shape index (κ1) is 15.2. The molecule has 0 N–H and O–H groups in total. The van der Waals surface area contributed by atoms with Crippen molar-refractivity contribution in [3.05, 3.63) is 23.3 Å². The van der Waals surface area contributed by atoms with Crippen molar-refractivity contribution in [2.75, 3.05) is 0 Å². The monoisotopic (exact) mass is 328 g/mol. The third kappa shape index (κ3) is 1.75. The topological polar surface area (TPSA) is 35.5 Å². The molecule has 0 aromatic rings.